The lowest BCUT2D eigenvalue weighted by Crippen LogP contribution is -2.28. The number of aryl methyl sites for hydroxylation is 1. The number of aromatic nitrogens is 2. The maximum absolute atomic E-state index is 11.8. The molecule has 1 heterocycles. The van der Waals surface area contributed by atoms with Gasteiger partial charge in [0.05, 0.1) is 19.0 Å². The number of ether oxygens (including phenoxy) is 1. The van der Waals surface area contributed by atoms with Crippen LogP contribution in [0.5, 0.6) is 0 Å². The van der Waals surface area contributed by atoms with Crippen molar-refractivity contribution in [2.45, 2.75) is 25.0 Å². The average Bonchev–Trinajstić information content (AvgIpc) is 2.55. The molecule has 0 unspecified atom stereocenters. The van der Waals surface area contributed by atoms with Crippen LogP contribution in [0.3, 0.4) is 0 Å². The van der Waals surface area contributed by atoms with E-state index in [9.17, 15) is 8.42 Å². The lowest BCUT2D eigenvalue weighted by molar-refractivity contribution is 0.0834. The molecule has 98 valence electrons. The van der Waals surface area contributed by atoms with E-state index < -0.39 is 10.0 Å². The molecule has 0 aliphatic heterocycles. The van der Waals surface area contributed by atoms with Gasteiger partial charge in [0.1, 0.15) is 5.15 Å². The Morgan fingerprint density at radius 1 is 1.59 bits per heavy atom. The first-order valence-corrected chi connectivity index (χ1v) is 6.99. The summed E-state index contributed by atoms with van der Waals surface area (Å²) in [7, 11) is -2.04. The molecular formula is C9H16ClN3O3S. The Morgan fingerprint density at radius 2 is 2.24 bits per heavy atom. The summed E-state index contributed by atoms with van der Waals surface area (Å²) in [6.45, 7) is 4.25. The number of nitrogens with zero attached hydrogens (tertiary/aromatic N) is 2. The molecule has 0 radical (unpaired) electrons. The van der Waals surface area contributed by atoms with Gasteiger partial charge < -0.3 is 9.30 Å². The molecule has 1 N–H and O–H groups in total. The minimum atomic E-state index is -3.66. The van der Waals surface area contributed by atoms with Gasteiger partial charge in [-0.1, -0.05) is 11.6 Å². The molecule has 8 heteroatoms. The van der Waals surface area contributed by atoms with Crippen molar-refractivity contribution in [2.75, 3.05) is 13.2 Å². The van der Waals surface area contributed by atoms with Crippen LogP contribution in [-0.4, -0.2) is 37.2 Å². The highest BCUT2D eigenvalue weighted by atomic mass is 35.5. The fourth-order valence-corrected chi connectivity index (χ4v) is 2.55. The summed E-state index contributed by atoms with van der Waals surface area (Å²) in [6.07, 6.45) is 1.42. The molecule has 1 aromatic rings. The van der Waals surface area contributed by atoms with Gasteiger partial charge in [-0.3, -0.25) is 0 Å². The van der Waals surface area contributed by atoms with Crippen LogP contribution in [0.2, 0.25) is 5.15 Å². The molecule has 0 bridgehead atoms. The molecule has 0 fully saturated rings. The number of imidazole rings is 1. The van der Waals surface area contributed by atoms with Crippen LogP contribution in [0.15, 0.2) is 11.4 Å². The van der Waals surface area contributed by atoms with Crippen LogP contribution in [0.25, 0.3) is 0 Å². The second kappa shape index (κ2) is 5.81. The summed E-state index contributed by atoms with van der Waals surface area (Å²) >= 11 is 5.81. The number of rotatable bonds is 6. The molecule has 0 atom stereocenters. The van der Waals surface area contributed by atoms with E-state index in [1.165, 1.54) is 10.9 Å². The highest BCUT2D eigenvalue weighted by Gasteiger charge is 2.21. The zero-order valence-electron chi connectivity index (χ0n) is 9.97. The van der Waals surface area contributed by atoms with Gasteiger partial charge >= 0.3 is 0 Å². The standard InChI is InChI=1S/C9H16ClN3O3S/c1-7(2)16-5-4-12-17(14,15)9-8(10)13(3)6-11-9/h6-7,12H,4-5H2,1-3H3. The van der Waals surface area contributed by atoms with Gasteiger partial charge in [0.15, 0.2) is 0 Å². The van der Waals surface area contributed by atoms with Crippen LogP contribution < -0.4 is 4.72 Å². The molecule has 0 spiro atoms. The van der Waals surface area contributed by atoms with E-state index in [4.69, 9.17) is 16.3 Å². The van der Waals surface area contributed by atoms with Gasteiger partial charge in [-0.05, 0) is 13.8 Å². The Hall–Kier alpha value is -0.630. The van der Waals surface area contributed by atoms with Crippen molar-refractivity contribution in [2.24, 2.45) is 7.05 Å². The van der Waals surface area contributed by atoms with Gasteiger partial charge in [0.2, 0.25) is 5.03 Å². The number of hydrogen-bond acceptors (Lipinski definition) is 4. The highest BCUT2D eigenvalue weighted by molar-refractivity contribution is 7.89. The van der Waals surface area contributed by atoms with E-state index in [1.54, 1.807) is 7.05 Å². The smallest absolute Gasteiger partial charge is 0.261 e. The average molecular weight is 282 g/mol. The van der Waals surface area contributed by atoms with Gasteiger partial charge in [-0.15, -0.1) is 0 Å². The van der Waals surface area contributed by atoms with Crippen molar-refractivity contribution < 1.29 is 13.2 Å². The Labute approximate surface area is 106 Å². The van der Waals surface area contributed by atoms with Crippen molar-refractivity contribution in [1.82, 2.24) is 14.3 Å². The second-order valence-electron chi connectivity index (χ2n) is 3.77. The Bertz CT molecular complexity index is 470. The Morgan fingerprint density at radius 3 is 2.71 bits per heavy atom. The zero-order chi connectivity index (χ0) is 13.1. The summed E-state index contributed by atoms with van der Waals surface area (Å²) in [5.74, 6) is 0. The van der Waals surface area contributed by atoms with Crippen molar-refractivity contribution in [3.8, 4) is 0 Å². The van der Waals surface area contributed by atoms with Crippen LogP contribution in [0, 0.1) is 0 Å². The SMILES string of the molecule is CC(C)OCCNS(=O)(=O)c1ncn(C)c1Cl. The largest absolute Gasteiger partial charge is 0.377 e. The van der Waals surface area contributed by atoms with Gasteiger partial charge in [-0.25, -0.2) is 18.1 Å². The molecule has 0 aromatic carbocycles. The van der Waals surface area contributed by atoms with Crippen molar-refractivity contribution in [1.29, 1.82) is 0 Å². The van der Waals surface area contributed by atoms with E-state index in [0.717, 1.165) is 0 Å². The van der Waals surface area contributed by atoms with Gasteiger partial charge in [0.25, 0.3) is 10.0 Å². The van der Waals surface area contributed by atoms with E-state index in [0.29, 0.717) is 6.61 Å². The number of nitrogens with one attached hydrogen (secondary N) is 1. The van der Waals surface area contributed by atoms with Crippen molar-refractivity contribution >= 4 is 21.6 Å². The normalized spacial score (nSPS) is 12.3. The predicted molar refractivity (Wildman–Crippen MR) is 64.5 cm³/mol. The van der Waals surface area contributed by atoms with Gasteiger partial charge in [-0.2, -0.15) is 0 Å². The first-order valence-electron chi connectivity index (χ1n) is 5.12. The summed E-state index contributed by atoms with van der Waals surface area (Å²) in [5.41, 5.74) is 0. The van der Waals surface area contributed by atoms with Crippen molar-refractivity contribution in [3.63, 3.8) is 0 Å². The third-order valence-corrected chi connectivity index (χ3v) is 3.88. The van der Waals surface area contributed by atoms with E-state index >= 15 is 0 Å². The molecule has 1 aromatic heterocycles. The topological polar surface area (TPSA) is 73.2 Å². The van der Waals surface area contributed by atoms with Crippen LogP contribution >= 0.6 is 11.6 Å². The first kappa shape index (κ1) is 14.4. The fourth-order valence-electron chi connectivity index (χ4n) is 1.11. The predicted octanol–water partition coefficient (Wildman–Crippen LogP) is 0.777. The fraction of sp³-hybridized carbons (Fsp3) is 0.667. The van der Waals surface area contributed by atoms with E-state index in [1.807, 2.05) is 13.8 Å². The molecule has 0 saturated heterocycles. The minimum Gasteiger partial charge on any atom is -0.377 e. The lowest BCUT2D eigenvalue weighted by atomic mass is 10.5. The quantitative estimate of drug-likeness (QED) is 0.782. The number of hydrogen-bond donors (Lipinski definition) is 1. The molecule has 0 aliphatic carbocycles. The second-order valence-corrected chi connectivity index (χ2v) is 5.81. The lowest BCUT2D eigenvalue weighted by Gasteiger charge is -2.08. The summed E-state index contributed by atoms with van der Waals surface area (Å²) in [5, 5.41) is -0.0755. The highest BCUT2D eigenvalue weighted by Crippen LogP contribution is 2.17. The summed E-state index contributed by atoms with van der Waals surface area (Å²) in [4.78, 5) is 3.74. The van der Waals surface area contributed by atoms with E-state index in [-0.39, 0.29) is 22.8 Å². The number of halogens is 1. The third kappa shape index (κ3) is 3.95. The van der Waals surface area contributed by atoms with Crippen LogP contribution in [-0.2, 0) is 21.8 Å². The maximum atomic E-state index is 11.8. The molecular weight excluding hydrogens is 266 g/mol. The Kier molecular flexibility index (Phi) is 4.93. The maximum Gasteiger partial charge on any atom is 0.261 e. The van der Waals surface area contributed by atoms with Crippen LogP contribution in [0.1, 0.15) is 13.8 Å². The van der Waals surface area contributed by atoms with Gasteiger partial charge in [0, 0.05) is 13.6 Å². The molecule has 17 heavy (non-hydrogen) atoms. The zero-order valence-corrected chi connectivity index (χ0v) is 11.5. The molecule has 1 rings (SSSR count). The first-order chi connectivity index (χ1) is 7.84. The van der Waals surface area contributed by atoms with E-state index in [2.05, 4.69) is 9.71 Å². The molecule has 0 amide bonds. The molecule has 0 aliphatic rings. The third-order valence-electron chi connectivity index (χ3n) is 1.93. The van der Waals surface area contributed by atoms with Crippen LogP contribution in [0.4, 0.5) is 0 Å². The summed E-state index contributed by atoms with van der Waals surface area (Å²) < 4.78 is 32.6. The monoisotopic (exact) mass is 281 g/mol. The summed E-state index contributed by atoms with van der Waals surface area (Å²) in [6, 6.07) is 0. The molecule has 6 nitrogen and oxygen atoms in total. The number of sulfonamides is 1. The Balaban J connectivity index is 2.61. The minimum absolute atomic E-state index is 0.0675. The van der Waals surface area contributed by atoms with Crippen molar-refractivity contribution in [3.05, 3.63) is 11.5 Å². The molecule has 0 saturated carbocycles.